The first-order valence-electron chi connectivity index (χ1n) is 8.94. The summed E-state index contributed by atoms with van der Waals surface area (Å²) in [6.45, 7) is 4.22. The van der Waals surface area contributed by atoms with Gasteiger partial charge in [-0.3, -0.25) is 4.79 Å². The zero-order valence-electron chi connectivity index (χ0n) is 14.2. The Labute approximate surface area is 135 Å². The van der Waals surface area contributed by atoms with E-state index in [0.29, 0.717) is 12.2 Å². The summed E-state index contributed by atoms with van der Waals surface area (Å²) >= 11 is 0. The van der Waals surface area contributed by atoms with Crippen molar-refractivity contribution in [3.63, 3.8) is 0 Å². The van der Waals surface area contributed by atoms with Gasteiger partial charge >= 0.3 is 0 Å². The van der Waals surface area contributed by atoms with Crippen molar-refractivity contribution in [3.8, 4) is 0 Å². The summed E-state index contributed by atoms with van der Waals surface area (Å²) in [6, 6.07) is 5.95. The highest BCUT2D eigenvalue weighted by atomic mass is 16.1. The van der Waals surface area contributed by atoms with Gasteiger partial charge in [0, 0.05) is 5.92 Å². The van der Waals surface area contributed by atoms with Crippen LogP contribution in [0.4, 0.5) is 0 Å². The molecule has 22 heavy (non-hydrogen) atoms. The Morgan fingerprint density at radius 2 is 1.55 bits per heavy atom. The Morgan fingerprint density at radius 1 is 1.05 bits per heavy atom. The van der Waals surface area contributed by atoms with Crippen molar-refractivity contribution in [3.05, 3.63) is 34.9 Å². The summed E-state index contributed by atoms with van der Waals surface area (Å²) in [5, 5.41) is 0. The fourth-order valence-electron chi connectivity index (χ4n) is 3.71. The zero-order valence-corrected chi connectivity index (χ0v) is 14.2. The molecule has 0 bridgehead atoms. The largest absolute Gasteiger partial charge is 0.321 e. The van der Waals surface area contributed by atoms with Crippen molar-refractivity contribution in [2.24, 2.45) is 11.7 Å². The second-order valence-electron chi connectivity index (χ2n) is 6.98. The normalized spacial score (nSPS) is 19.0. The fraction of sp³-hybridized carbons (Fsp3) is 0.650. The Bertz CT molecular complexity index is 464. The van der Waals surface area contributed by atoms with Gasteiger partial charge < -0.3 is 5.73 Å². The number of rotatable bonds is 4. The molecule has 2 rings (SSSR count). The van der Waals surface area contributed by atoms with Crippen LogP contribution in [0.1, 0.15) is 68.1 Å². The number of carbonyl (C=O) groups is 1. The molecule has 1 aromatic carbocycles. The van der Waals surface area contributed by atoms with Gasteiger partial charge in [0.15, 0.2) is 5.78 Å². The van der Waals surface area contributed by atoms with E-state index in [4.69, 9.17) is 5.73 Å². The van der Waals surface area contributed by atoms with Gasteiger partial charge in [-0.2, -0.15) is 0 Å². The van der Waals surface area contributed by atoms with Crippen LogP contribution in [0.25, 0.3) is 0 Å². The summed E-state index contributed by atoms with van der Waals surface area (Å²) in [5.41, 5.74) is 10.0. The van der Waals surface area contributed by atoms with Crippen LogP contribution in [0.15, 0.2) is 18.2 Å². The molecule has 2 N–H and O–H groups in total. The minimum atomic E-state index is -0.342. The predicted molar refractivity (Wildman–Crippen MR) is 93.0 cm³/mol. The lowest BCUT2D eigenvalue weighted by atomic mass is 9.86. The molecule has 0 saturated heterocycles. The molecule has 0 heterocycles. The van der Waals surface area contributed by atoms with Gasteiger partial charge in [0.05, 0.1) is 6.04 Å². The van der Waals surface area contributed by atoms with Crippen LogP contribution in [0.2, 0.25) is 0 Å². The maximum atomic E-state index is 12.8. The zero-order chi connectivity index (χ0) is 15.9. The first-order valence-corrected chi connectivity index (χ1v) is 8.94. The second kappa shape index (κ2) is 8.47. The van der Waals surface area contributed by atoms with Gasteiger partial charge in [-0.05, 0) is 49.8 Å². The van der Waals surface area contributed by atoms with E-state index >= 15 is 0 Å². The molecule has 2 nitrogen and oxygen atoms in total. The third-order valence-corrected chi connectivity index (χ3v) is 5.19. The molecule has 1 aromatic rings. The molecular weight excluding hydrogens is 270 g/mol. The van der Waals surface area contributed by atoms with Crippen molar-refractivity contribution in [2.75, 3.05) is 0 Å². The number of Topliss-reactive ketones (excluding diaryl/α,β-unsaturated/α-hetero) is 1. The van der Waals surface area contributed by atoms with Gasteiger partial charge in [-0.15, -0.1) is 0 Å². The molecule has 1 fully saturated rings. The fourth-order valence-corrected chi connectivity index (χ4v) is 3.71. The first-order chi connectivity index (χ1) is 10.6. The molecule has 0 aromatic heterocycles. The Morgan fingerprint density at radius 3 is 2.09 bits per heavy atom. The molecule has 1 unspecified atom stereocenters. The highest BCUT2D eigenvalue weighted by Crippen LogP contribution is 2.24. The van der Waals surface area contributed by atoms with Crippen LogP contribution < -0.4 is 5.73 Å². The van der Waals surface area contributed by atoms with E-state index in [-0.39, 0.29) is 12.0 Å². The summed E-state index contributed by atoms with van der Waals surface area (Å²) in [7, 11) is 0. The summed E-state index contributed by atoms with van der Waals surface area (Å²) < 4.78 is 0. The second-order valence-corrected chi connectivity index (χ2v) is 6.98. The number of carbonyl (C=O) groups excluding carboxylic acids is 1. The number of nitrogens with two attached hydrogens (primary N) is 1. The molecule has 0 radical (unpaired) electrons. The number of benzene rings is 1. The van der Waals surface area contributed by atoms with E-state index in [9.17, 15) is 4.79 Å². The van der Waals surface area contributed by atoms with Gasteiger partial charge in [-0.25, -0.2) is 0 Å². The highest BCUT2D eigenvalue weighted by molar-refractivity contribution is 5.86. The van der Waals surface area contributed by atoms with Gasteiger partial charge in [0.2, 0.25) is 0 Å². The van der Waals surface area contributed by atoms with Crippen molar-refractivity contribution in [1.82, 2.24) is 0 Å². The molecule has 1 saturated carbocycles. The average Bonchev–Trinajstić information content (AvgIpc) is 2.64. The van der Waals surface area contributed by atoms with E-state index in [1.807, 2.05) is 0 Å². The average molecular weight is 301 g/mol. The molecule has 122 valence electrons. The number of hydrogen-bond donors (Lipinski definition) is 1. The molecule has 0 amide bonds. The van der Waals surface area contributed by atoms with Crippen LogP contribution in [-0.2, 0) is 11.2 Å². The lowest BCUT2D eigenvalue weighted by Gasteiger charge is -2.21. The van der Waals surface area contributed by atoms with Gasteiger partial charge in [0.25, 0.3) is 0 Å². The summed E-state index contributed by atoms with van der Waals surface area (Å²) in [5.74, 6) is 0.488. The lowest BCUT2D eigenvalue weighted by molar-refractivity contribution is -0.124. The quantitative estimate of drug-likeness (QED) is 0.890. The van der Waals surface area contributed by atoms with Crippen molar-refractivity contribution >= 4 is 5.78 Å². The van der Waals surface area contributed by atoms with Crippen LogP contribution in [0, 0.1) is 19.8 Å². The number of hydrogen-bond acceptors (Lipinski definition) is 2. The minimum Gasteiger partial charge on any atom is -0.321 e. The molecule has 1 aliphatic rings. The van der Waals surface area contributed by atoms with Crippen LogP contribution in [0.5, 0.6) is 0 Å². The van der Waals surface area contributed by atoms with E-state index in [1.165, 1.54) is 55.2 Å². The SMILES string of the molecule is Cc1cccc(C)c1CC(N)C(=O)C1CCCCCCCC1. The third-order valence-electron chi connectivity index (χ3n) is 5.19. The third kappa shape index (κ3) is 4.67. The highest BCUT2D eigenvalue weighted by Gasteiger charge is 2.25. The Balaban J connectivity index is 2.01. The minimum absolute atomic E-state index is 0.192. The van der Waals surface area contributed by atoms with E-state index < -0.39 is 0 Å². The van der Waals surface area contributed by atoms with E-state index in [0.717, 1.165) is 12.8 Å². The van der Waals surface area contributed by atoms with Crippen molar-refractivity contribution in [1.29, 1.82) is 0 Å². The van der Waals surface area contributed by atoms with Crippen molar-refractivity contribution < 1.29 is 4.79 Å². The topological polar surface area (TPSA) is 43.1 Å². The predicted octanol–water partition coefficient (Wildman–Crippen LogP) is 4.49. The Hall–Kier alpha value is -1.15. The Kier molecular flexibility index (Phi) is 6.63. The molecule has 1 atom stereocenters. The molecule has 2 heteroatoms. The van der Waals surface area contributed by atoms with Gasteiger partial charge in [-0.1, -0.05) is 56.7 Å². The lowest BCUT2D eigenvalue weighted by Crippen LogP contribution is -2.37. The first kappa shape index (κ1) is 17.2. The molecule has 0 aliphatic heterocycles. The number of aryl methyl sites for hydroxylation is 2. The van der Waals surface area contributed by atoms with Gasteiger partial charge in [0.1, 0.15) is 0 Å². The summed E-state index contributed by atoms with van der Waals surface area (Å²) in [4.78, 5) is 12.8. The number of ketones is 1. The monoisotopic (exact) mass is 301 g/mol. The van der Waals surface area contributed by atoms with Crippen LogP contribution in [-0.4, -0.2) is 11.8 Å². The van der Waals surface area contributed by atoms with Crippen molar-refractivity contribution in [2.45, 2.75) is 77.7 Å². The summed E-state index contributed by atoms with van der Waals surface area (Å²) in [6.07, 6.45) is 10.3. The van der Waals surface area contributed by atoms with E-state index in [2.05, 4.69) is 32.0 Å². The molecular formula is C20H31NO. The molecule has 0 spiro atoms. The standard InChI is InChI=1S/C20H31NO/c1-15-10-9-11-16(2)18(15)14-19(21)20(22)17-12-7-5-3-4-6-8-13-17/h9-11,17,19H,3-8,12-14,21H2,1-2H3. The maximum absolute atomic E-state index is 12.8. The van der Waals surface area contributed by atoms with E-state index in [1.54, 1.807) is 0 Å². The van der Waals surface area contributed by atoms with Crippen LogP contribution in [0.3, 0.4) is 0 Å². The maximum Gasteiger partial charge on any atom is 0.152 e. The smallest absolute Gasteiger partial charge is 0.152 e. The molecule has 1 aliphatic carbocycles. The van der Waals surface area contributed by atoms with Crippen LogP contribution >= 0.6 is 0 Å².